The lowest BCUT2D eigenvalue weighted by Crippen LogP contribution is -2.02. The third-order valence-electron chi connectivity index (χ3n) is 2.42. The van der Waals surface area contributed by atoms with Gasteiger partial charge >= 0.3 is 0 Å². The van der Waals surface area contributed by atoms with Gasteiger partial charge in [0, 0.05) is 18.1 Å². The Morgan fingerprint density at radius 3 is 2.44 bits per heavy atom. The Morgan fingerprint density at radius 1 is 1.38 bits per heavy atom. The fraction of sp³-hybridized carbons (Fsp3) is 0.455. The Balaban J connectivity index is 3.38. The second-order valence-corrected chi connectivity index (χ2v) is 3.83. The molecule has 0 fully saturated rings. The summed E-state index contributed by atoms with van der Waals surface area (Å²) in [5.74, 6) is 0.411. The van der Waals surface area contributed by atoms with Crippen LogP contribution in [0.3, 0.4) is 0 Å². The summed E-state index contributed by atoms with van der Waals surface area (Å²) in [5, 5.41) is 19.0. The van der Waals surface area contributed by atoms with Gasteiger partial charge in [0.1, 0.15) is 10.8 Å². The van der Waals surface area contributed by atoms with Gasteiger partial charge in [-0.1, -0.05) is 18.5 Å². The number of hydrogen-bond acceptors (Lipinski definition) is 4. The normalized spacial score (nSPS) is 12.3. The molecular weight excluding hydrogens is 232 g/mol. The zero-order chi connectivity index (χ0) is 12.3. The van der Waals surface area contributed by atoms with E-state index in [4.69, 9.17) is 26.2 Å². The van der Waals surface area contributed by atoms with E-state index in [0.717, 1.165) is 0 Å². The zero-order valence-electron chi connectivity index (χ0n) is 9.45. The molecule has 0 radical (unpaired) electrons. The van der Waals surface area contributed by atoms with Crippen molar-refractivity contribution in [1.29, 1.82) is 0 Å². The highest BCUT2D eigenvalue weighted by Gasteiger charge is 2.20. The maximum atomic E-state index is 9.85. The Hall–Kier alpha value is -1.13. The number of hydrogen-bond donors (Lipinski definition) is 2. The molecule has 1 atom stereocenters. The van der Waals surface area contributed by atoms with E-state index in [1.807, 2.05) is 0 Å². The van der Waals surface area contributed by atoms with Crippen molar-refractivity contribution in [2.24, 2.45) is 0 Å². The van der Waals surface area contributed by atoms with Gasteiger partial charge in [-0.15, -0.1) is 0 Å². The van der Waals surface area contributed by atoms with Gasteiger partial charge in [0.2, 0.25) is 0 Å². The molecule has 5 heteroatoms. The van der Waals surface area contributed by atoms with Crippen molar-refractivity contribution in [3.63, 3.8) is 0 Å². The standard InChI is InChI=1S/C11H15ClO4/c1-6(5-13)7-4-8(15-2)11(16-3)9(12)10(7)14/h4,6,13-14H,5H2,1-3H3. The average molecular weight is 247 g/mol. The predicted molar refractivity (Wildman–Crippen MR) is 61.7 cm³/mol. The Morgan fingerprint density at radius 2 is 2.00 bits per heavy atom. The number of methoxy groups -OCH3 is 2. The minimum absolute atomic E-state index is 0.0825. The molecule has 0 amide bonds. The van der Waals surface area contributed by atoms with Crippen molar-refractivity contribution in [1.82, 2.24) is 0 Å². The van der Waals surface area contributed by atoms with E-state index in [1.165, 1.54) is 14.2 Å². The van der Waals surface area contributed by atoms with E-state index in [0.29, 0.717) is 11.3 Å². The summed E-state index contributed by atoms with van der Waals surface area (Å²) in [7, 11) is 2.93. The monoisotopic (exact) mass is 246 g/mol. The fourth-order valence-corrected chi connectivity index (χ4v) is 1.71. The summed E-state index contributed by atoms with van der Waals surface area (Å²) in [6, 6.07) is 1.61. The first-order valence-corrected chi connectivity index (χ1v) is 5.18. The lowest BCUT2D eigenvalue weighted by atomic mass is 10.0. The smallest absolute Gasteiger partial charge is 0.183 e. The summed E-state index contributed by atoms with van der Waals surface area (Å²) in [6.07, 6.45) is 0. The molecule has 4 nitrogen and oxygen atoms in total. The first kappa shape index (κ1) is 12.9. The molecule has 0 heterocycles. The van der Waals surface area contributed by atoms with Crippen molar-refractivity contribution in [2.45, 2.75) is 12.8 Å². The van der Waals surface area contributed by atoms with Crippen molar-refractivity contribution in [3.05, 3.63) is 16.7 Å². The van der Waals surface area contributed by atoms with Crippen molar-refractivity contribution in [2.75, 3.05) is 20.8 Å². The van der Waals surface area contributed by atoms with Gasteiger partial charge in [-0.2, -0.15) is 0 Å². The van der Waals surface area contributed by atoms with Gasteiger partial charge in [0.15, 0.2) is 11.5 Å². The maximum absolute atomic E-state index is 9.85. The van der Waals surface area contributed by atoms with Crippen LogP contribution in [-0.2, 0) is 0 Å². The minimum atomic E-state index is -0.225. The van der Waals surface area contributed by atoms with Crippen molar-refractivity contribution in [3.8, 4) is 17.2 Å². The summed E-state index contributed by atoms with van der Waals surface area (Å²) in [4.78, 5) is 0. The quantitative estimate of drug-likeness (QED) is 0.855. The highest BCUT2D eigenvalue weighted by atomic mass is 35.5. The van der Waals surface area contributed by atoms with E-state index in [-0.39, 0.29) is 29.0 Å². The molecule has 0 aromatic heterocycles. The fourth-order valence-electron chi connectivity index (χ4n) is 1.43. The number of phenols is 1. The van der Waals surface area contributed by atoms with Gasteiger partial charge in [-0.05, 0) is 6.07 Å². The minimum Gasteiger partial charge on any atom is -0.506 e. The topological polar surface area (TPSA) is 58.9 Å². The van der Waals surface area contributed by atoms with Crippen LogP contribution in [-0.4, -0.2) is 31.0 Å². The first-order valence-electron chi connectivity index (χ1n) is 4.81. The van der Waals surface area contributed by atoms with Crippen LogP contribution in [0, 0.1) is 0 Å². The third-order valence-corrected chi connectivity index (χ3v) is 2.77. The van der Waals surface area contributed by atoms with Crippen LogP contribution in [0.25, 0.3) is 0 Å². The molecule has 2 N–H and O–H groups in total. The lowest BCUT2D eigenvalue weighted by molar-refractivity contribution is 0.269. The van der Waals surface area contributed by atoms with Crippen molar-refractivity contribution < 1.29 is 19.7 Å². The summed E-state index contributed by atoms with van der Waals surface area (Å²) < 4.78 is 10.1. The number of rotatable bonds is 4. The van der Waals surface area contributed by atoms with Gasteiger partial charge in [0.05, 0.1) is 14.2 Å². The molecule has 1 aromatic rings. The highest BCUT2D eigenvalue weighted by molar-refractivity contribution is 6.33. The Labute approximate surface area is 99.4 Å². The van der Waals surface area contributed by atoms with Crippen LogP contribution in [0.15, 0.2) is 6.07 Å². The summed E-state index contributed by atoms with van der Waals surface area (Å²) >= 11 is 5.95. The SMILES string of the molecule is COc1cc(C(C)CO)c(O)c(Cl)c1OC. The van der Waals surface area contributed by atoms with Crippen molar-refractivity contribution >= 4 is 11.6 Å². The molecule has 1 unspecified atom stereocenters. The predicted octanol–water partition coefficient (Wildman–Crippen LogP) is 2.16. The number of ether oxygens (including phenoxy) is 2. The molecular formula is C11H15ClO4. The van der Waals surface area contributed by atoms with E-state index in [2.05, 4.69) is 0 Å². The van der Waals surface area contributed by atoms with E-state index in [1.54, 1.807) is 13.0 Å². The van der Waals surface area contributed by atoms with Crippen LogP contribution in [0.1, 0.15) is 18.4 Å². The third kappa shape index (κ3) is 2.18. The van der Waals surface area contributed by atoms with Gasteiger partial charge in [0.25, 0.3) is 0 Å². The molecule has 16 heavy (non-hydrogen) atoms. The molecule has 0 aliphatic heterocycles. The largest absolute Gasteiger partial charge is 0.506 e. The van der Waals surface area contributed by atoms with Crippen LogP contribution in [0.4, 0.5) is 0 Å². The zero-order valence-corrected chi connectivity index (χ0v) is 10.2. The van der Waals surface area contributed by atoms with Crippen LogP contribution >= 0.6 is 11.6 Å². The van der Waals surface area contributed by atoms with E-state index in [9.17, 15) is 5.11 Å². The molecule has 0 saturated heterocycles. The Bertz CT molecular complexity index is 379. The van der Waals surface area contributed by atoms with E-state index >= 15 is 0 Å². The first-order chi connectivity index (χ1) is 7.56. The number of aliphatic hydroxyl groups is 1. The van der Waals surface area contributed by atoms with Crippen LogP contribution in [0.5, 0.6) is 17.2 Å². The molecule has 0 aliphatic rings. The molecule has 90 valence electrons. The molecule has 0 saturated carbocycles. The summed E-state index contributed by atoms with van der Waals surface area (Å²) in [6.45, 7) is 1.69. The molecule has 1 aromatic carbocycles. The summed E-state index contributed by atoms with van der Waals surface area (Å²) in [5.41, 5.74) is 0.533. The van der Waals surface area contributed by atoms with Crippen LogP contribution in [0.2, 0.25) is 5.02 Å². The molecule has 0 aliphatic carbocycles. The second kappa shape index (κ2) is 5.27. The van der Waals surface area contributed by atoms with Gasteiger partial charge in [-0.3, -0.25) is 0 Å². The van der Waals surface area contributed by atoms with Crippen LogP contribution < -0.4 is 9.47 Å². The van der Waals surface area contributed by atoms with Gasteiger partial charge < -0.3 is 19.7 Å². The molecule has 0 spiro atoms. The maximum Gasteiger partial charge on any atom is 0.183 e. The molecule has 1 rings (SSSR count). The highest BCUT2D eigenvalue weighted by Crippen LogP contribution is 2.45. The lowest BCUT2D eigenvalue weighted by Gasteiger charge is -2.16. The average Bonchev–Trinajstić information content (AvgIpc) is 2.31. The van der Waals surface area contributed by atoms with E-state index < -0.39 is 0 Å². The Kier molecular flexibility index (Phi) is 4.26. The number of phenolic OH excluding ortho intramolecular Hbond substituents is 1. The number of benzene rings is 1. The van der Waals surface area contributed by atoms with Gasteiger partial charge in [-0.25, -0.2) is 0 Å². The number of aliphatic hydroxyl groups excluding tert-OH is 1. The number of aromatic hydroxyl groups is 1. The second-order valence-electron chi connectivity index (χ2n) is 3.45. The number of halogens is 1. The molecule has 0 bridgehead atoms.